The highest BCUT2D eigenvalue weighted by Crippen LogP contribution is 2.36. The number of hydrogen-bond donors (Lipinski definition) is 3. The third-order valence-corrected chi connectivity index (χ3v) is 6.82. The molecule has 1 aromatic carbocycles. The fraction of sp³-hybridized carbons (Fsp3) is 0.536. The van der Waals surface area contributed by atoms with Crippen LogP contribution < -0.4 is 15.0 Å². The topological polar surface area (TPSA) is 107 Å². The Kier molecular flexibility index (Phi) is 7.75. The van der Waals surface area contributed by atoms with Crippen LogP contribution in [0.1, 0.15) is 44.5 Å². The summed E-state index contributed by atoms with van der Waals surface area (Å²) < 4.78 is 6.13. The molecule has 200 valence electrons. The third kappa shape index (κ3) is 6.59. The van der Waals surface area contributed by atoms with E-state index in [9.17, 15) is 9.90 Å². The Hall–Kier alpha value is -3.17. The van der Waals surface area contributed by atoms with E-state index in [0.717, 1.165) is 43.1 Å². The van der Waals surface area contributed by atoms with Gasteiger partial charge in [0.1, 0.15) is 17.9 Å². The molecule has 1 amide bonds. The van der Waals surface area contributed by atoms with Crippen molar-refractivity contribution in [2.45, 2.75) is 34.1 Å². The summed E-state index contributed by atoms with van der Waals surface area (Å²) in [4.78, 5) is 29.9. The lowest BCUT2D eigenvalue weighted by molar-refractivity contribution is 0.0912. The maximum Gasteiger partial charge on any atom is 0.255 e. The summed E-state index contributed by atoms with van der Waals surface area (Å²) in [6.07, 6.45) is 4.50. The van der Waals surface area contributed by atoms with Gasteiger partial charge < -0.3 is 29.9 Å². The van der Waals surface area contributed by atoms with Crippen molar-refractivity contribution in [1.29, 1.82) is 0 Å². The van der Waals surface area contributed by atoms with Gasteiger partial charge in [-0.05, 0) is 38.1 Å². The maximum absolute atomic E-state index is 12.9. The quantitative estimate of drug-likeness (QED) is 0.385. The van der Waals surface area contributed by atoms with E-state index in [1.54, 1.807) is 12.4 Å². The number of benzene rings is 1. The molecule has 1 saturated heterocycles. The highest BCUT2D eigenvalue weighted by atomic mass is 16.5. The molecule has 1 fully saturated rings. The second-order valence-corrected chi connectivity index (χ2v) is 11.9. The number of nitrogens with one attached hydrogen (secondary N) is 2. The molecule has 0 saturated carbocycles. The molecule has 0 unspecified atom stereocenters. The van der Waals surface area contributed by atoms with Crippen molar-refractivity contribution in [3.05, 3.63) is 36.2 Å². The number of likely N-dealkylation sites (N-methyl/N-ethyl adjacent to an activating group) is 1. The SMILES string of the molecule is CN(C)CCOc1cc(-c2cnc3[nH]cc(C(=O)NCC(C)(C)CO)c3n2)cc(N2CCC(C)(C)C2)c1. The summed E-state index contributed by atoms with van der Waals surface area (Å²) in [5, 5.41) is 12.4. The minimum absolute atomic E-state index is 0.0192. The van der Waals surface area contributed by atoms with E-state index in [2.05, 4.69) is 51.1 Å². The van der Waals surface area contributed by atoms with Gasteiger partial charge in [0.15, 0.2) is 5.65 Å². The first-order chi connectivity index (χ1) is 17.5. The number of aliphatic hydroxyl groups excluding tert-OH is 1. The van der Waals surface area contributed by atoms with Gasteiger partial charge >= 0.3 is 0 Å². The van der Waals surface area contributed by atoms with Crippen LogP contribution in [0, 0.1) is 10.8 Å². The number of nitrogens with zero attached hydrogens (tertiary/aromatic N) is 4. The molecule has 37 heavy (non-hydrogen) atoms. The lowest BCUT2D eigenvalue weighted by Gasteiger charge is -2.23. The molecular formula is C28H40N6O3. The van der Waals surface area contributed by atoms with Gasteiger partial charge in [-0.2, -0.15) is 0 Å². The number of amides is 1. The number of carbonyl (C=O) groups excluding carboxylic acids is 1. The molecule has 0 radical (unpaired) electrons. The smallest absolute Gasteiger partial charge is 0.255 e. The minimum Gasteiger partial charge on any atom is -0.492 e. The van der Waals surface area contributed by atoms with E-state index in [-0.39, 0.29) is 17.9 Å². The first-order valence-corrected chi connectivity index (χ1v) is 12.9. The summed E-state index contributed by atoms with van der Waals surface area (Å²) in [5.41, 5.74) is 4.01. The average molecular weight is 509 g/mol. The molecule has 1 aliphatic rings. The normalized spacial score (nSPS) is 15.5. The van der Waals surface area contributed by atoms with E-state index in [1.165, 1.54) is 0 Å². The zero-order chi connectivity index (χ0) is 26.8. The van der Waals surface area contributed by atoms with Crippen molar-refractivity contribution in [2.75, 3.05) is 58.4 Å². The Bertz CT molecular complexity index is 1250. The first-order valence-electron chi connectivity index (χ1n) is 12.9. The molecule has 4 rings (SSSR count). The molecule has 9 heteroatoms. The lowest BCUT2D eigenvalue weighted by atomic mass is 9.93. The molecule has 3 N–H and O–H groups in total. The zero-order valence-electron chi connectivity index (χ0n) is 22.9. The molecular weight excluding hydrogens is 468 g/mol. The van der Waals surface area contributed by atoms with Crippen LogP contribution in [0.5, 0.6) is 5.75 Å². The van der Waals surface area contributed by atoms with Gasteiger partial charge in [0.25, 0.3) is 5.91 Å². The third-order valence-electron chi connectivity index (χ3n) is 6.82. The average Bonchev–Trinajstić information content (AvgIpc) is 3.44. The van der Waals surface area contributed by atoms with Crippen LogP contribution in [0.2, 0.25) is 0 Å². The summed E-state index contributed by atoms with van der Waals surface area (Å²) in [5.74, 6) is 0.541. The second kappa shape index (κ2) is 10.7. The van der Waals surface area contributed by atoms with Crippen LogP contribution in [0.4, 0.5) is 5.69 Å². The number of ether oxygens (including phenoxy) is 1. The number of aliphatic hydroxyl groups is 1. The summed E-state index contributed by atoms with van der Waals surface area (Å²) >= 11 is 0. The molecule has 0 bridgehead atoms. The van der Waals surface area contributed by atoms with E-state index >= 15 is 0 Å². The van der Waals surface area contributed by atoms with Gasteiger partial charge in [0, 0.05) is 61.7 Å². The number of anilines is 1. The minimum atomic E-state index is -0.411. The summed E-state index contributed by atoms with van der Waals surface area (Å²) in [6.45, 7) is 12.1. The predicted octanol–water partition coefficient (Wildman–Crippen LogP) is 3.55. The number of hydrogen-bond acceptors (Lipinski definition) is 7. The number of fused-ring (bicyclic) bond motifs is 1. The predicted molar refractivity (Wildman–Crippen MR) is 147 cm³/mol. The molecule has 0 aliphatic carbocycles. The van der Waals surface area contributed by atoms with Gasteiger partial charge in [-0.3, -0.25) is 4.79 Å². The van der Waals surface area contributed by atoms with Crippen LogP contribution in [0.15, 0.2) is 30.6 Å². The van der Waals surface area contributed by atoms with E-state index in [1.807, 2.05) is 34.0 Å². The fourth-order valence-corrected chi connectivity index (χ4v) is 4.35. The van der Waals surface area contributed by atoms with Crippen molar-refractivity contribution >= 4 is 22.8 Å². The monoisotopic (exact) mass is 508 g/mol. The van der Waals surface area contributed by atoms with Gasteiger partial charge in [-0.1, -0.05) is 27.7 Å². The largest absolute Gasteiger partial charge is 0.492 e. The van der Waals surface area contributed by atoms with Crippen LogP contribution in [0.25, 0.3) is 22.4 Å². The van der Waals surface area contributed by atoms with Crippen LogP contribution in [-0.4, -0.2) is 84.4 Å². The number of aromatic amines is 1. The van der Waals surface area contributed by atoms with Crippen molar-refractivity contribution in [1.82, 2.24) is 25.2 Å². The highest BCUT2D eigenvalue weighted by molar-refractivity contribution is 6.04. The maximum atomic E-state index is 12.9. The molecule has 3 heterocycles. The Morgan fingerprint density at radius 2 is 2.08 bits per heavy atom. The van der Waals surface area contributed by atoms with Gasteiger partial charge in [0.05, 0.1) is 17.5 Å². The number of H-pyrrole nitrogens is 1. The Balaban J connectivity index is 1.66. The molecule has 0 atom stereocenters. The Morgan fingerprint density at radius 1 is 1.30 bits per heavy atom. The van der Waals surface area contributed by atoms with Crippen LogP contribution in [-0.2, 0) is 0 Å². The van der Waals surface area contributed by atoms with Crippen LogP contribution >= 0.6 is 0 Å². The highest BCUT2D eigenvalue weighted by Gasteiger charge is 2.30. The fourth-order valence-electron chi connectivity index (χ4n) is 4.35. The van der Waals surface area contributed by atoms with Crippen molar-refractivity contribution < 1.29 is 14.6 Å². The number of aromatic nitrogens is 3. The van der Waals surface area contributed by atoms with Crippen molar-refractivity contribution in [2.24, 2.45) is 10.8 Å². The second-order valence-electron chi connectivity index (χ2n) is 11.9. The number of rotatable bonds is 10. The Labute approximate surface area is 219 Å². The molecule has 9 nitrogen and oxygen atoms in total. The summed E-state index contributed by atoms with van der Waals surface area (Å²) in [6, 6.07) is 6.23. The zero-order valence-corrected chi connectivity index (χ0v) is 22.9. The molecule has 1 aliphatic heterocycles. The van der Waals surface area contributed by atoms with Gasteiger partial charge in [0.2, 0.25) is 0 Å². The molecule has 0 spiro atoms. The van der Waals surface area contributed by atoms with Crippen LogP contribution in [0.3, 0.4) is 0 Å². The van der Waals surface area contributed by atoms with Crippen molar-refractivity contribution in [3.63, 3.8) is 0 Å². The van der Waals surface area contributed by atoms with E-state index in [4.69, 9.17) is 9.72 Å². The number of carbonyl (C=O) groups is 1. The van der Waals surface area contributed by atoms with E-state index in [0.29, 0.717) is 35.6 Å². The standard InChI is InChI=1S/C28H40N6O3/c1-27(2)7-8-34(17-27)20-11-19(12-21(13-20)37-10-9-33(5)6)23-15-30-25-24(32-23)22(14-29-25)26(36)31-16-28(3,4)18-35/h11-15,35H,7-10,16-18H2,1-6H3,(H,29,30)(H,31,36). The van der Waals surface area contributed by atoms with Gasteiger partial charge in [-0.15, -0.1) is 0 Å². The van der Waals surface area contributed by atoms with Gasteiger partial charge in [-0.25, -0.2) is 9.97 Å². The lowest BCUT2D eigenvalue weighted by Crippen LogP contribution is -2.36. The van der Waals surface area contributed by atoms with E-state index < -0.39 is 5.41 Å². The molecule has 2 aromatic heterocycles. The van der Waals surface area contributed by atoms with Crippen molar-refractivity contribution in [3.8, 4) is 17.0 Å². The first kappa shape index (κ1) is 26.9. The Morgan fingerprint density at radius 3 is 2.76 bits per heavy atom. The summed E-state index contributed by atoms with van der Waals surface area (Å²) in [7, 11) is 4.05. The molecule has 3 aromatic rings.